The topological polar surface area (TPSA) is 43.9 Å². The van der Waals surface area contributed by atoms with Crippen molar-refractivity contribution in [3.05, 3.63) is 59.2 Å². The number of nitrogens with one attached hydrogen (secondary N) is 1. The van der Waals surface area contributed by atoms with Gasteiger partial charge in [-0.3, -0.25) is 9.88 Å². The van der Waals surface area contributed by atoms with Gasteiger partial charge in [0.1, 0.15) is 0 Å². The lowest BCUT2D eigenvalue weighted by Gasteiger charge is -2.36. The van der Waals surface area contributed by atoms with E-state index in [1.54, 1.807) is 0 Å². The number of hydrogen-bond donors (Lipinski definition) is 1. The first-order chi connectivity index (χ1) is 15.7. The molecule has 3 aromatic rings. The largest absolute Gasteiger partial charge is 0.379 e. The Labute approximate surface area is 194 Å². The van der Waals surface area contributed by atoms with E-state index in [1.807, 2.05) is 30.5 Å². The van der Waals surface area contributed by atoms with Crippen LogP contribution in [0.1, 0.15) is 5.56 Å². The molecule has 168 valence electrons. The number of ether oxygens (including phenoxy) is 1. The first-order valence-electron chi connectivity index (χ1n) is 11.3. The Morgan fingerprint density at radius 3 is 2.59 bits per heavy atom. The molecule has 2 saturated heterocycles. The van der Waals surface area contributed by atoms with Gasteiger partial charge in [0.05, 0.1) is 18.7 Å². The number of fused-ring (bicyclic) bond motifs is 1. The van der Waals surface area contributed by atoms with Crippen LogP contribution in [0.4, 0.5) is 17.1 Å². The number of hydrogen-bond acceptors (Lipinski definition) is 6. The summed E-state index contributed by atoms with van der Waals surface area (Å²) in [7, 11) is 2.20. The highest BCUT2D eigenvalue weighted by Gasteiger charge is 2.20. The zero-order chi connectivity index (χ0) is 21.9. The van der Waals surface area contributed by atoms with Crippen LogP contribution < -0.4 is 10.2 Å². The molecule has 0 aliphatic carbocycles. The fourth-order valence-corrected chi connectivity index (χ4v) is 4.70. The molecule has 0 atom stereocenters. The SMILES string of the molecule is CN1CCN(c2ccc(Nc3ccnc4cc(Cl)ccc34)cc2CN2CCOCC2)CC1. The second kappa shape index (κ2) is 9.63. The second-order valence-corrected chi connectivity index (χ2v) is 9.10. The molecule has 32 heavy (non-hydrogen) atoms. The lowest BCUT2D eigenvalue weighted by atomic mass is 10.1. The van der Waals surface area contributed by atoms with Gasteiger partial charge in [0.2, 0.25) is 0 Å². The van der Waals surface area contributed by atoms with Crippen LogP contribution in [-0.4, -0.2) is 74.3 Å². The van der Waals surface area contributed by atoms with Crippen molar-refractivity contribution in [1.82, 2.24) is 14.8 Å². The van der Waals surface area contributed by atoms with Crippen molar-refractivity contribution >= 4 is 39.6 Å². The maximum absolute atomic E-state index is 6.16. The number of likely N-dealkylation sites (N-methyl/N-ethyl adjacent to an activating group) is 1. The van der Waals surface area contributed by atoms with Gasteiger partial charge in [-0.1, -0.05) is 11.6 Å². The Hall–Kier alpha value is -2.38. The normalized spacial score (nSPS) is 18.2. The van der Waals surface area contributed by atoms with Crippen LogP contribution in [0.25, 0.3) is 10.9 Å². The van der Waals surface area contributed by atoms with Gasteiger partial charge in [-0.2, -0.15) is 0 Å². The Bertz CT molecular complexity index is 1080. The third-order valence-electron chi connectivity index (χ3n) is 6.40. The predicted molar refractivity (Wildman–Crippen MR) is 132 cm³/mol. The monoisotopic (exact) mass is 451 g/mol. The summed E-state index contributed by atoms with van der Waals surface area (Å²) >= 11 is 6.16. The summed E-state index contributed by atoms with van der Waals surface area (Å²) in [4.78, 5) is 11.9. The number of benzene rings is 2. The second-order valence-electron chi connectivity index (χ2n) is 8.67. The van der Waals surface area contributed by atoms with Crippen LogP contribution in [0.5, 0.6) is 0 Å². The molecule has 1 N–H and O–H groups in total. The zero-order valence-corrected chi connectivity index (χ0v) is 19.3. The standard InChI is InChI=1S/C25H30ClN5O/c1-29-8-10-31(11-9-29)25-5-3-21(16-19(25)18-30-12-14-32-15-13-30)28-23-6-7-27-24-17-20(26)2-4-22(23)24/h2-7,16-17H,8-15,18H2,1H3,(H,27,28). The zero-order valence-electron chi connectivity index (χ0n) is 18.6. The number of piperazine rings is 1. The molecule has 2 aliphatic rings. The van der Waals surface area contributed by atoms with E-state index in [4.69, 9.17) is 16.3 Å². The summed E-state index contributed by atoms with van der Waals surface area (Å²) in [5.41, 5.74) is 5.74. The van der Waals surface area contributed by atoms with Crippen LogP contribution in [0.2, 0.25) is 5.02 Å². The molecule has 2 fully saturated rings. The Morgan fingerprint density at radius 1 is 0.969 bits per heavy atom. The predicted octanol–water partition coefficient (Wildman–Crippen LogP) is 4.22. The van der Waals surface area contributed by atoms with Crippen molar-refractivity contribution in [3.63, 3.8) is 0 Å². The number of aromatic nitrogens is 1. The third-order valence-corrected chi connectivity index (χ3v) is 6.64. The summed E-state index contributed by atoms with van der Waals surface area (Å²) in [6.45, 7) is 8.86. The van der Waals surface area contributed by atoms with E-state index in [1.165, 1.54) is 11.3 Å². The van der Waals surface area contributed by atoms with Crippen molar-refractivity contribution in [2.45, 2.75) is 6.54 Å². The average molecular weight is 452 g/mol. The molecule has 0 amide bonds. The Balaban J connectivity index is 1.44. The highest BCUT2D eigenvalue weighted by atomic mass is 35.5. The minimum atomic E-state index is 0.700. The van der Waals surface area contributed by atoms with Crippen molar-refractivity contribution < 1.29 is 4.74 Å². The number of pyridine rings is 1. The molecule has 0 unspecified atom stereocenters. The molecule has 5 rings (SSSR count). The summed E-state index contributed by atoms with van der Waals surface area (Å²) in [6.07, 6.45) is 1.83. The van der Waals surface area contributed by atoms with E-state index < -0.39 is 0 Å². The number of anilines is 3. The van der Waals surface area contributed by atoms with Crippen molar-refractivity contribution in [3.8, 4) is 0 Å². The highest BCUT2D eigenvalue weighted by molar-refractivity contribution is 6.31. The van der Waals surface area contributed by atoms with E-state index in [2.05, 4.69) is 50.2 Å². The molecular formula is C25H30ClN5O. The first kappa shape index (κ1) is 21.5. The fraction of sp³-hybridized carbons (Fsp3) is 0.400. The van der Waals surface area contributed by atoms with Gasteiger partial charge in [-0.25, -0.2) is 0 Å². The minimum Gasteiger partial charge on any atom is -0.379 e. The Kier molecular flexibility index (Phi) is 6.46. The number of nitrogens with zero attached hydrogens (tertiary/aromatic N) is 4. The first-order valence-corrected chi connectivity index (χ1v) is 11.7. The van der Waals surface area contributed by atoms with Crippen LogP contribution in [0, 0.1) is 0 Å². The molecule has 0 spiro atoms. The van der Waals surface area contributed by atoms with Gasteiger partial charge in [0, 0.05) is 79.5 Å². The van der Waals surface area contributed by atoms with Gasteiger partial charge in [0.25, 0.3) is 0 Å². The molecule has 0 saturated carbocycles. The maximum Gasteiger partial charge on any atom is 0.0737 e. The van der Waals surface area contributed by atoms with Crippen molar-refractivity contribution in [2.75, 3.05) is 69.7 Å². The summed E-state index contributed by atoms with van der Waals surface area (Å²) in [5, 5.41) is 5.39. The van der Waals surface area contributed by atoms with E-state index in [0.717, 1.165) is 81.3 Å². The van der Waals surface area contributed by atoms with E-state index in [0.29, 0.717) is 5.02 Å². The molecule has 7 heteroatoms. The molecule has 3 heterocycles. The number of halogens is 1. The fourth-order valence-electron chi connectivity index (χ4n) is 4.53. The minimum absolute atomic E-state index is 0.700. The molecule has 6 nitrogen and oxygen atoms in total. The smallest absolute Gasteiger partial charge is 0.0737 e. The molecule has 1 aromatic heterocycles. The number of rotatable bonds is 5. The highest BCUT2D eigenvalue weighted by Crippen LogP contribution is 2.31. The summed E-state index contributed by atoms with van der Waals surface area (Å²) < 4.78 is 5.56. The molecule has 0 radical (unpaired) electrons. The molecular weight excluding hydrogens is 422 g/mol. The van der Waals surface area contributed by atoms with Gasteiger partial charge in [-0.05, 0) is 55.1 Å². The summed E-state index contributed by atoms with van der Waals surface area (Å²) in [5.74, 6) is 0. The lowest BCUT2D eigenvalue weighted by molar-refractivity contribution is 0.0342. The molecule has 2 aromatic carbocycles. The quantitative estimate of drug-likeness (QED) is 0.626. The van der Waals surface area contributed by atoms with Crippen molar-refractivity contribution in [1.29, 1.82) is 0 Å². The average Bonchev–Trinajstić information content (AvgIpc) is 2.81. The van der Waals surface area contributed by atoms with Crippen LogP contribution >= 0.6 is 11.6 Å². The molecule has 2 aliphatic heterocycles. The maximum atomic E-state index is 6.16. The number of morpholine rings is 1. The van der Waals surface area contributed by atoms with E-state index in [-0.39, 0.29) is 0 Å². The van der Waals surface area contributed by atoms with Crippen LogP contribution in [-0.2, 0) is 11.3 Å². The molecule has 0 bridgehead atoms. The lowest BCUT2D eigenvalue weighted by Crippen LogP contribution is -2.45. The van der Waals surface area contributed by atoms with Crippen molar-refractivity contribution in [2.24, 2.45) is 0 Å². The van der Waals surface area contributed by atoms with Crippen LogP contribution in [0.3, 0.4) is 0 Å². The van der Waals surface area contributed by atoms with Crippen LogP contribution in [0.15, 0.2) is 48.7 Å². The van der Waals surface area contributed by atoms with Gasteiger partial charge >= 0.3 is 0 Å². The van der Waals surface area contributed by atoms with Gasteiger partial charge in [0.15, 0.2) is 0 Å². The van der Waals surface area contributed by atoms with E-state index >= 15 is 0 Å². The van der Waals surface area contributed by atoms with E-state index in [9.17, 15) is 0 Å². The van der Waals surface area contributed by atoms with Gasteiger partial charge in [-0.15, -0.1) is 0 Å². The Morgan fingerprint density at radius 2 is 1.78 bits per heavy atom. The summed E-state index contributed by atoms with van der Waals surface area (Å²) in [6, 6.07) is 14.7. The van der Waals surface area contributed by atoms with Gasteiger partial charge < -0.3 is 19.9 Å². The third kappa shape index (κ3) is 4.84.